The molecule has 0 bridgehead atoms. The summed E-state index contributed by atoms with van der Waals surface area (Å²) in [6.45, 7) is 1.56. The van der Waals surface area contributed by atoms with Crippen LogP contribution < -0.4 is 4.74 Å². The van der Waals surface area contributed by atoms with Crippen molar-refractivity contribution >= 4 is 12.0 Å². The zero-order chi connectivity index (χ0) is 17.9. The van der Waals surface area contributed by atoms with Gasteiger partial charge in [-0.2, -0.15) is 0 Å². The summed E-state index contributed by atoms with van der Waals surface area (Å²) in [4.78, 5) is 11.2. The van der Waals surface area contributed by atoms with Crippen LogP contribution in [0.4, 0.5) is 0 Å². The smallest absolute Gasteiger partial charge is 0.202 e. The Balaban J connectivity index is 2.59. The van der Waals surface area contributed by atoms with Gasteiger partial charge in [-0.3, -0.25) is 4.79 Å². The second-order valence-corrected chi connectivity index (χ2v) is 4.91. The monoisotopic (exact) mass is 332 g/mol. The number of aromatic hydroxyl groups is 4. The van der Waals surface area contributed by atoms with Gasteiger partial charge in [0.15, 0.2) is 23.5 Å². The van der Waals surface area contributed by atoms with Crippen molar-refractivity contribution in [2.24, 2.45) is 0 Å². The molecule has 0 amide bonds. The summed E-state index contributed by atoms with van der Waals surface area (Å²) in [5.41, 5.74) is 0.575. The van der Waals surface area contributed by atoms with E-state index in [4.69, 9.17) is 9.47 Å². The Hall–Kier alpha value is -3.35. The Bertz CT molecular complexity index is 809. The second kappa shape index (κ2) is 6.82. The number of allylic oxidation sites excluding steroid dienone is 1. The van der Waals surface area contributed by atoms with E-state index in [-0.39, 0.29) is 40.1 Å². The fraction of sp³-hybridized carbons (Fsp3) is 0.118. The number of hydrogen-bond acceptors (Lipinski definition) is 7. The summed E-state index contributed by atoms with van der Waals surface area (Å²) in [7, 11) is 1.26. The van der Waals surface area contributed by atoms with Gasteiger partial charge in [-0.05, 0) is 25.1 Å². The molecule has 0 heterocycles. The molecule has 0 atom stereocenters. The molecule has 0 aliphatic rings. The number of rotatable bonds is 5. The van der Waals surface area contributed by atoms with Crippen molar-refractivity contribution in [2.75, 3.05) is 7.11 Å². The van der Waals surface area contributed by atoms with Gasteiger partial charge in [0, 0.05) is 23.3 Å². The SMILES string of the molecule is CO/C(C=O)=C(/Oc1cc(O)cc(O)c1C)c1ccc(O)c(O)c1. The molecule has 0 saturated carbocycles. The van der Waals surface area contributed by atoms with E-state index in [2.05, 4.69) is 0 Å². The maximum atomic E-state index is 11.2. The first kappa shape index (κ1) is 17.0. The molecule has 7 heteroatoms. The topological polar surface area (TPSA) is 116 Å². The molecule has 24 heavy (non-hydrogen) atoms. The van der Waals surface area contributed by atoms with Gasteiger partial charge < -0.3 is 29.9 Å². The Labute approximate surface area is 137 Å². The van der Waals surface area contributed by atoms with E-state index in [0.29, 0.717) is 11.8 Å². The van der Waals surface area contributed by atoms with Crippen molar-refractivity contribution in [3.63, 3.8) is 0 Å². The molecule has 0 unspecified atom stereocenters. The number of methoxy groups -OCH3 is 1. The Morgan fingerprint density at radius 3 is 2.29 bits per heavy atom. The first-order valence-corrected chi connectivity index (χ1v) is 6.83. The van der Waals surface area contributed by atoms with Crippen LogP contribution in [-0.2, 0) is 9.53 Å². The molecule has 0 aliphatic carbocycles. The summed E-state index contributed by atoms with van der Waals surface area (Å²) in [5, 5.41) is 38.4. The van der Waals surface area contributed by atoms with Crippen molar-refractivity contribution in [1.82, 2.24) is 0 Å². The summed E-state index contributed by atoms with van der Waals surface area (Å²) in [6.07, 6.45) is 0.414. The van der Waals surface area contributed by atoms with Crippen LogP contribution in [-0.4, -0.2) is 33.8 Å². The minimum atomic E-state index is -0.412. The minimum Gasteiger partial charge on any atom is -0.508 e. The predicted molar refractivity (Wildman–Crippen MR) is 84.9 cm³/mol. The van der Waals surface area contributed by atoms with Gasteiger partial charge in [0.05, 0.1) is 7.11 Å². The maximum Gasteiger partial charge on any atom is 0.202 e. The fourth-order valence-corrected chi connectivity index (χ4v) is 1.99. The summed E-state index contributed by atoms with van der Waals surface area (Å²) < 4.78 is 10.6. The lowest BCUT2D eigenvalue weighted by molar-refractivity contribution is -0.107. The van der Waals surface area contributed by atoms with Gasteiger partial charge in [0.1, 0.15) is 17.2 Å². The van der Waals surface area contributed by atoms with Crippen LogP contribution in [0.2, 0.25) is 0 Å². The standard InChI is InChI=1S/C17H16O7/c1-9-13(21)6-11(19)7-15(9)24-17(16(8-18)23-2)10-3-4-12(20)14(22)5-10/h3-8,19-22H,1-2H3/b17-16+. The van der Waals surface area contributed by atoms with Gasteiger partial charge in [-0.15, -0.1) is 0 Å². The Morgan fingerprint density at radius 1 is 1.00 bits per heavy atom. The fourth-order valence-electron chi connectivity index (χ4n) is 1.99. The highest BCUT2D eigenvalue weighted by atomic mass is 16.5. The molecule has 0 aromatic heterocycles. The van der Waals surface area contributed by atoms with Gasteiger partial charge in [0.25, 0.3) is 0 Å². The molecule has 4 N–H and O–H groups in total. The number of phenolic OH excluding ortho intramolecular Hbond substituents is 4. The van der Waals surface area contributed by atoms with E-state index in [1.165, 1.54) is 31.4 Å². The highest BCUT2D eigenvalue weighted by Gasteiger charge is 2.17. The third kappa shape index (κ3) is 3.35. The van der Waals surface area contributed by atoms with E-state index >= 15 is 0 Å². The summed E-state index contributed by atoms with van der Waals surface area (Å²) in [5.74, 6) is -1.32. The van der Waals surface area contributed by atoms with Gasteiger partial charge in [-0.25, -0.2) is 0 Å². The first-order valence-electron chi connectivity index (χ1n) is 6.83. The van der Waals surface area contributed by atoms with Crippen molar-refractivity contribution < 1.29 is 34.7 Å². The van der Waals surface area contributed by atoms with Crippen molar-refractivity contribution in [3.8, 4) is 28.7 Å². The number of ether oxygens (including phenoxy) is 2. The molecule has 0 aliphatic heterocycles. The number of carbonyl (C=O) groups is 1. The number of benzene rings is 2. The molecule has 2 aromatic rings. The summed E-state index contributed by atoms with van der Waals surface area (Å²) >= 11 is 0. The number of carbonyl (C=O) groups excluding carboxylic acids is 1. The molecular weight excluding hydrogens is 316 g/mol. The molecule has 0 radical (unpaired) electrons. The molecular formula is C17H16O7. The van der Waals surface area contributed by atoms with Crippen molar-refractivity contribution in [2.45, 2.75) is 6.92 Å². The molecule has 0 saturated heterocycles. The lowest BCUT2D eigenvalue weighted by atomic mass is 10.1. The zero-order valence-corrected chi connectivity index (χ0v) is 13.0. The van der Waals surface area contributed by atoms with Crippen LogP contribution in [0, 0.1) is 6.92 Å². The van der Waals surface area contributed by atoms with E-state index in [1.807, 2.05) is 0 Å². The Kier molecular flexibility index (Phi) is 4.84. The van der Waals surface area contributed by atoms with Crippen LogP contribution in [0.1, 0.15) is 11.1 Å². The second-order valence-electron chi connectivity index (χ2n) is 4.91. The third-order valence-electron chi connectivity index (χ3n) is 3.32. The lowest BCUT2D eigenvalue weighted by Crippen LogP contribution is -2.04. The number of aldehydes is 1. The van der Waals surface area contributed by atoms with Crippen LogP contribution >= 0.6 is 0 Å². The van der Waals surface area contributed by atoms with Gasteiger partial charge >= 0.3 is 0 Å². The summed E-state index contributed by atoms with van der Waals surface area (Å²) in [6, 6.07) is 6.22. The van der Waals surface area contributed by atoms with Gasteiger partial charge in [0.2, 0.25) is 5.76 Å². The molecule has 7 nitrogen and oxygen atoms in total. The number of hydrogen-bond donors (Lipinski definition) is 4. The predicted octanol–water partition coefficient (Wildman–Crippen LogP) is 2.41. The lowest BCUT2D eigenvalue weighted by Gasteiger charge is -2.15. The third-order valence-corrected chi connectivity index (χ3v) is 3.32. The molecule has 126 valence electrons. The maximum absolute atomic E-state index is 11.2. The van der Waals surface area contributed by atoms with Crippen LogP contribution in [0.15, 0.2) is 36.1 Å². The van der Waals surface area contributed by atoms with E-state index in [9.17, 15) is 25.2 Å². The number of phenols is 4. The van der Waals surface area contributed by atoms with Crippen LogP contribution in [0.5, 0.6) is 28.7 Å². The van der Waals surface area contributed by atoms with Crippen LogP contribution in [0.25, 0.3) is 5.76 Å². The largest absolute Gasteiger partial charge is 0.508 e. The van der Waals surface area contributed by atoms with E-state index in [1.54, 1.807) is 6.92 Å². The molecule has 2 rings (SSSR count). The Morgan fingerprint density at radius 2 is 1.71 bits per heavy atom. The van der Waals surface area contributed by atoms with Crippen molar-refractivity contribution in [1.29, 1.82) is 0 Å². The highest BCUT2D eigenvalue weighted by molar-refractivity contribution is 5.84. The average Bonchev–Trinajstić information content (AvgIpc) is 2.54. The molecule has 0 fully saturated rings. The van der Waals surface area contributed by atoms with Crippen molar-refractivity contribution in [3.05, 3.63) is 47.2 Å². The van der Waals surface area contributed by atoms with Crippen LogP contribution in [0.3, 0.4) is 0 Å². The molecule has 2 aromatic carbocycles. The minimum absolute atomic E-state index is 0.0594. The highest BCUT2D eigenvalue weighted by Crippen LogP contribution is 2.36. The van der Waals surface area contributed by atoms with E-state index in [0.717, 1.165) is 6.07 Å². The van der Waals surface area contributed by atoms with Gasteiger partial charge in [-0.1, -0.05) is 0 Å². The quantitative estimate of drug-likeness (QED) is 0.287. The average molecular weight is 332 g/mol. The van der Waals surface area contributed by atoms with E-state index < -0.39 is 5.75 Å². The first-order chi connectivity index (χ1) is 11.4. The zero-order valence-electron chi connectivity index (χ0n) is 13.0. The normalized spacial score (nSPS) is 11.6. The molecule has 0 spiro atoms.